The van der Waals surface area contributed by atoms with Crippen LogP contribution in [0.5, 0.6) is 0 Å². The van der Waals surface area contributed by atoms with E-state index in [9.17, 15) is 13.2 Å². The number of sulfonamides is 1. The van der Waals surface area contributed by atoms with Crippen LogP contribution in [0.25, 0.3) is 0 Å². The van der Waals surface area contributed by atoms with Gasteiger partial charge in [-0.15, -0.1) is 11.3 Å². The summed E-state index contributed by atoms with van der Waals surface area (Å²) in [5, 5.41) is 8.90. The van der Waals surface area contributed by atoms with Crippen molar-refractivity contribution in [1.82, 2.24) is 0 Å². The molecule has 1 heterocycles. The second-order valence-corrected chi connectivity index (χ2v) is 7.77. The Labute approximate surface area is 128 Å². The molecule has 5 nitrogen and oxygen atoms in total. The van der Waals surface area contributed by atoms with Gasteiger partial charge in [-0.1, -0.05) is 22.0 Å². The Balaban J connectivity index is 2.38. The van der Waals surface area contributed by atoms with Crippen LogP contribution in [0.4, 0.5) is 5.69 Å². The quantitative estimate of drug-likeness (QED) is 0.858. The maximum atomic E-state index is 12.3. The standard InChI is InChI=1S/C12H10BrNO4S2/c1-7-11(6-10(19-7)12(15)16)20(17,18)14-9-4-2-3-8(13)5-9/h2-6,14H,1H3,(H,15,16). The van der Waals surface area contributed by atoms with E-state index in [-0.39, 0.29) is 9.77 Å². The van der Waals surface area contributed by atoms with Crippen molar-refractivity contribution in [2.24, 2.45) is 0 Å². The lowest BCUT2D eigenvalue weighted by Gasteiger charge is -2.07. The normalized spacial score (nSPS) is 11.3. The maximum Gasteiger partial charge on any atom is 0.345 e. The first kappa shape index (κ1) is 15.0. The van der Waals surface area contributed by atoms with Gasteiger partial charge in [0.05, 0.1) is 0 Å². The third-order valence-electron chi connectivity index (χ3n) is 2.45. The molecular weight excluding hydrogens is 366 g/mol. The zero-order chi connectivity index (χ0) is 14.9. The molecule has 0 bridgehead atoms. The highest BCUT2D eigenvalue weighted by Gasteiger charge is 2.22. The van der Waals surface area contributed by atoms with E-state index in [1.54, 1.807) is 31.2 Å². The van der Waals surface area contributed by atoms with E-state index in [0.717, 1.165) is 15.8 Å². The van der Waals surface area contributed by atoms with Crippen LogP contribution in [0.2, 0.25) is 0 Å². The van der Waals surface area contributed by atoms with Gasteiger partial charge in [0.25, 0.3) is 10.0 Å². The predicted octanol–water partition coefficient (Wildman–Crippen LogP) is 3.32. The van der Waals surface area contributed by atoms with Crippen molar-refractivity contribution >= 4 is 48.9 Å². The molecule has 0 aliphatic rings. The van der Waals surface area contributed by atoms with Crippen LogP contribution in [0.1, 0.15) is 14.5 Å². The van der Waals surface area contributed by atoms with Crippen LogP contribution in [-0.4, -0.2) is 19.5 Å². The summed E-state index contributed by atoms with van der Waals surface area (Å²) in [6.07, 6.45) is 0. The summed E-state index contributed by atoms with van der Waals surface area (Å²) in [5.74, 6) is -1.14. The molecule has 0 atom stereocenters. The molecule has 106 valence electrons. The molecule has 0 radical (unpaired) electrons. The highest BCUT2D eigenvalue weighted by molar-refractivity contribution is 9.10. The molecule has 0 unspecified atom stereocenters. The number of hydrogen-bond acceptors (Lipinski definition) is 4. The van der Waals surface area contributed by atoms with E-state index in [1.165, 1.54) is 6.07 Å². The minimum atomic E-state index is -3.80. The van der Waals surface area contributed by atoms with Gasteiger partial charge in [0, 0.05) is 15.0 Å². The second-order valence-electron chi connectivity index (χ2n) is 3.95. The van der Waals surface area contributed by atoms with Gasteiger partial charge >= 0.3 is 5.97 Å². The molecule has 1 aromatic heterocycles. The van der Waals surface area contributed by atoms with E-state index >= 15 is 0 Å². The van der Waals surface area contributed by atoms with E-state index in [1.807, 2.05) is 0 Å². The van der Waals surface area contributed by atoms with Crippen molar-refractivity contribution in [3.8, 4) is 0 Å². The average molecular weight is 376 g/mol. The first-order valence-electron chi connectivity index (χ1n) is 5.42. The van der Waals surface area contributed by atoms with E-state index in [4.69, 9.17) is 5.11 Å². The molecule has 0 fully saturated rings. The Hall–Kier alpha value is -1.38. The number of aromatic carboxylic acids is 1. The topological polar surface area (TPSA) is 83.5 Å². The number of aryl methyl sites for hydroxylation is 1. The number of rotatable bonds is 4. The van der Waals surface area contributed by atoms with E-state index in [2.05, 4.69) is 20.7 Å². The molecule has 8 heteroatoms. The number of anilines is 1. The third-order valence-corrected chi connectivity index (χ3v) is 5.62. The minimum absolute atomic E-state index is 0.00267. The van der Waals surface area contributed by atoms with Gasteiger partial charge in [0.2, 0.25) is 0 Å². The number of nitrogens with one attached hydrogen (secondary N) is 1. The fourth-order valence-electron chi connectivity index (χ4n) is 1.60. The summed E-state index contributed by atoms with van der Waals surface area (Å²) in [4.78, 5) is 11.3. The molecule has 0 amide bonds. The number of halogens is 1. The monoisotopic (exact) mass is 375 g/mol. The molecule has 0 spiro atoms. The summed E-state index contributed by atoms with van der Waals surface area (Å²) in [6, 6.07) is 7.88. The lowest BCUT2D eigenvalue weighted by atomic mass is 10.3. The molecule has 1 aromatic carbocycles. The Morgan fingerprint density at radius 3 is 2.60 bits per heavy atom. The van der Waals surface area contributed by atoms with Gasteiger partial charge in [-0.2, -0.15) is 0 Å². The summed E-state index contributed by atoms with van der Waals surface area (Å²) in [7, 11) is -3.80. The zero-order valence-electron chi connectivity index (χ0n) is 10.3. The Kier molecular flexibility index (Phi) is 4.17. The van der Waals surface area contributed by atoms with Gasteiger partial charge in [-0.3, -0.25) is 4.72 Å². The maximum absolute atomic E-state index is 12.3. The smallest absolute Gasteiger partial charge is 0.345 e. The summed E-state index contributed by atoms with van der Waals surface area (Å²) in [6.45, 7) is 1.58. The number of carboxylic acids is 1. The van der Waals surface area contributed by atoms with Crippen molar-refractivity contribution in [3.05, 3.63) is 44.6 Å². The lowest BCUT2D eigenvalue weighted by Crippen LogP contribution is -2.13. The number of thiophene rings is 1. The molecule has 0 aliphatic heterocycles. The number of carboxylic acid groups (broad SMARTS) is 1. The van der Waals surface area contributed by atoms with Gasteiger partial charge in [0.1, 0.15) is 9.77 Å². The second kappa shape index (κ2) is 5.55. The van der Waals surface area contributed by atoms with Crippen LogP contribution < -0.4 is 4.72 Å². The van der Waals surface area contributed by atoms with Crippen LogP contribution in [0.3, 0.4) is 0 Å². The molecule has 0 aliphatic carbocycles. The molecule has 0 saturated heterocycles. The molecule has 2 N–H and O–H groups in total. The van der Waals surface area contributed by atoms with Gasteiger partial charge in [0.15, 0.2) is 0 Å². The van der Waals surface area contributed by atoms with Crippen molar-refractivity contribution in [2.75, 3.05) is 4.72 Å². The fraction of sp³-hybridized carbons (Fsp3) is 0.0833. The molecule has 20 heavy (non-hydrogen) atoms. The predicted molar refractivity (Wildman–Crippen MR) is 81.0 cm³/mol. The van der Waals surface area contributed by atoms with Gasteiger partial charge in [-0.05, 0) is 31.2 Å². The van der Waals surface area contributed by atoms with E-state index in [0.29, 0.717) is 10.6 Å². The van der Waals surface area contributed by atoms with Crippen molar-refractivity contribution < 1.29 is 18.3 Å². The highest BCUT2D eigenvalue weighted by Crippen LogP contribution is 2.28. The third kappa shape index (κ3) is 3.20. The van der Waals surface area contributed by atoms with Crippen LogP contribution in [0, 0.1) is 6.92 Å². The fourth-order valence-corrected chi connectivity index (χ4v) is 4.48. The molecule has 2 rings (SSSR count). The lowest BCUT2D eigenvalue weighted by molar-refractivity contribution is 0.0702. The van der Waals surface area contributed by atoms with Crippen LogP contribution >= 0.6 is 27.3 Å². The number of hydrogen-bond donors (Lipinski definition) is 2. The first-order valence-corrected chi connectivity index (χ1v) is 8.51. The van der Waals surface area contributed by atoms with Crippen LogP contribution in [0.15, 0.2) is 39.7 Å². The average Bonchev–Trinajstić information content (AvgIpc) is 2.71. The Bertz CT molecular complexity index is 768. The number of benzene rings is 1. The largest absolute Gasteiger partial charge is 0.477 e. The minimum Gasteiger partial charge on any atom is -0.477 e. The number of carbonyl (C=O) groups is 1. The SMILES string of the molecule is Cc1sc(C(=O)O)cc1S(=O)(=O)Nc1cccc(Br)c1. The van der Waals surface area contributed by atoms with Crippen molar-refractivity contribution in [2.45, 2.75) is 11.8 Å². The summed E-state index contributed by atoms with van der Waals surface area (Å²) in [5.41, 5.74) is 0.404. The summed E-state index contributed by atoms with van der Waals surface area (Å²) >= 11 is 4.19. The molecule has 2 aromatic rings. The summed E-state index contributed by atoms with van der Waals surface area (Å²) < 4.78 is 27.7. The van der Waals surface area contributed by atoms with Crippen molar-refractivity contribution in [1.29, 1.82) is 0 Å². The van der Waals surface area contributed by atoms with E-state index < -0.39 is 16.0 Å². The Morgan fingerprint density at radius 1 is 1.35 bits per heavy atom. The molecular formula is C12H10BrNO4S2. The van der Waals surface area contributed by atoms with Gasteiger partial charge in [-0.25, -0.2) is 13.2 Å². The Morgan fingerprint density at radius 2 is 2.05 bits per heavy atom. The first-order chi connectivity index (χ1) is 9.29. The van der Waals surface area contributed by atoms with Gasteiger partial charge < -0.3 is 5.11 Å². The zero-order valence-corrected chi connectivity index (χ0v) is 13.5. The molecule has 0 saturated carbocycles. The van der Waals surface area contributed by atoms with Crippen LogP contribution in [-0.2, 0) is 10.0 Å². The highest BCUT2D eigenvalue weighted by atomic mass is 79.9. The van der Waals surface area contributed by atoms with Crippen molar-refractivity contribution in [3.63, 3.8) is 0 Å².